The van der Waals surface area contributed by atoms with Crippen molar-refractivity contribution in [2.45, 2.75) is 31.3 Å². The van der Waals surface area contributed by atoms with Crippen LogP contribution in [0.15, 0.2) is 47.4 Å². The van der Waals surface area contributed by atoms with E-state index in [0.717, 1.165) is 0 Å². The van der Waals surface area contributed by atoms with Crippen molar-refractivity contribution < 1.29 is 27.1 Å². The summed E-state index contributed by atoms with van der Waals surface area (Å²) in [6.07, 6.45) is 3.14. The first-order chi connectivity index (χ1) is 14.8. The number of hydrogen-bond donors (Lipinski definition) is 0. The van der Waals surface area contributed by atoms with Gasteiger partial charge < -0.3 is 9.47 Å². The number of epoxide rings is 1. The number of hydrogen-bond acceptors (Lipinski definition) is 5. The monoisotopic (exact) mass is 447 g/mol. The number of esters is 1. The highest BCUT2D eigenvalue weighted by molar-refractivity contribution is 7.89. The number of halogens is 1. The van der Waals surface area contributed by atoms with E-state index in [1.807, 2.05) is 6.92 Å². The number of sulfonamides is 1. The molecule has 1 saturated heterocycles. The van der Waals surface area contributed by atoms with Gasteiger partial charge in [-0.25, -0.2) is 17.6 Å². The Morgan fingerprint density at radius 1 is 1.29 bits per heavy atom. The summed E-state index contributed by atoms with van der Waals surface area (Å²) < 4.78 is 52.1. The van der Waals surface area contributed by atoms with Crippen molar-refractivity contribution in [1.82, 2.24) is 4.31 Å². The summed E-state index contributed by atoms with van der Waals surface area (Å²) >= 11 is 0. The Morgan fingerprint density at radius 3 is 2.68 bits per heavy atom. The number of rotatable bonds is 9. The van der Waals surface area contributed by atoms with Crippen molar-refractivity contribution >= 4 is 22.1 Å². The van der Waals surface area contributed by atoms with E-state index < -0.39 is 21.8 Å². The highest BCUT2D eigenvalue weighted by Crippen LogP contribution is 2.32. The molecule has 8 heteroatoms. The third-order valence-electron chi connectivity index (χ3n) is 5.01. The largest absolute Gasteiger partial charge is 0.463 e. The van der Waals surface area contributed by atoms with E-state index in [-0.39, 0.29) is 17.6 Å². The second-order valence-electron chi connectivity index (χ2n) is 7.21. The van der Waals surface area contributed by atoms with Crippen LogP contribution < -0.4 is 0 Å². The van der Waals surface area contributed by atoms with Gasteiger partial charge in [0.15, 0.2) is 0 Å². The Labute approximate surface area is 182 Å². The van der Waals surface area contributed by atoms with Gasteiger partial charge in [0.1, 0.15) is 5.82 Å². The minimum Gasteiger partial charge on any atom is -0.463 e. The van der Waals surface area contributed by atoms with Gasteiger partial charge in [-0.2, -0.15) is 4.31 Å². The number of benzene rings is 2. The van der Waals surface area contributed by atoms with Crippen LogP contribution in [0, 0.1) is 5.82 Å². The molecule has 0 radical (unpaired) electrons. The molecule has 0 aromatic heterocycles. The van der Waals surface area contributed by atoms with Crippen molar-refractivity contribution in [3.63, 3.8) is 0 Å². The molecule has 0 bridgehead atoms. The van der Waals surface area contributed by atoms with E-state index in [4.69, 9.17) is 9.47 Å². The van der Waals surface area contributed by atoms with Crippen molar-refractivity contribution in [2.24, 2.45) is 0 Å². The van der Waals surface area contributed by atoms with Gasteiger partial charge in [-0.15, -0.1) is 0 Å². The molecule has 166 valence electrons. The highest BCUT2D eigenvalue weighted by Gasteiger charge is 2.31. The average molecular weight is 448 g/mol. The highest BCUT2D eigenvalue weighted by atomic mass is 32.2. The molecule has 1 fully saturated rings. The molecular formula is C23H26FNO5S. The van der Waals surface area contributed by atoms with Crippen LogP contribution in [0.3, 0.4) is 0 Å². The first-order valence-electron chi connectivity index (χ1n) is 10.1. The molecule has 1 aliphatic rings. The van der Waals surface area contributed by atoms with Crippen LogP contribution in [0.5, 0.6) is 0 Å². The Bertz CT molecular complexity index is 1090. The number of carbonyl (C=O) groups excluding carboxylic acids is 1. The lowest BCUT2D eigenvalue weighted by Crippen LogP contribution is -2.31. The van der Waals surface area contributed by atoms with E-state index >= 15 is 0 Å². The summed E-state index contributed by atoms with van der Waals surface area (Å²) in [4.78, 5) is 11.9. The normalized spacial score (nSPS) is 16.1. The Balaban J connectivity index is 2.00. The van der Waals surface area contributed by atoms with Crippen LogP contribution in [0.2, 0.25) is 0 Å². The van der Waals surface area contributed by atoms with Gasteiger partial charge in [0.2, 0.25) is 10.0 Å². The first-order valence-corrected chi connectivity index (χ1v) is 11.6. The van der Waals surface area contributed by atoms with Crippen molar-refractivity contribution in [2.75, 3.05) is 26.8 Å². The molecule has 0 amide bonds. The second kappa shape index (κ2) is 9.72. The zero-order valence-electron chi connectivity index (χ0n) is 17.8. The predicted molar refractivity (Wildman–Crippen MR) is 116 cm³/mol. The molecule has 0 saturated carbocycles. The van der Waals surface area contributed by atoms with E-state index in [0.29, 0.717) is 41.8 Å². The minimum atomic E-state index is -3.70. The molecule has 0 N–H and O–H groups in total. The lowest BCUT2D eigenvalue weighted by molar-refractivity contribution is -0.137. The summed E-state index contributed by atoms with van der Waals surface area (Å²) in [6, 6.07) is 9.36. The number of carbonyl (C=O) groups is 1. The van der Waals surface area contributed by atoms with Crippen LogP contribution in [0.25, 0.3) is 17.2 Å². The summed E-state index contributed by atoms with van der Waals surface area (Å²) in [5.41, 5.74) is 1.91. The summed E-state index contributed by atoms with van der Waals surface area (Å²) in [5.74, 6) is -0.984. The van der Waals surface area contributed by atoms with E-state index in [1.165, 1.54) is 35.6 Å². The van der Waals surface area contributed by atoms with E-state index in [2.05, 4.69) is 0 Å². The number of likely N-dealkylation sites (N-methyl/N-ethyl adjacent to an activating group) is 1. The molecule has 1 heterocycles. The standard InChI is InChI=1S/C23H26FNO5S/c1-4-16-13-18(9-11-21(16)31(27,28)25(3)14-19-15-30-19)23-17(7-6-8-20(23)24)10-12-22(26)29-5-2/h6-13,19H,4-5,14-15H2,1-3H3/t19-/m0/s1. The third-order valence-corrected chi connectivity index (χ3v) is 6.94. The van der Waals surface area contributed by atoms with Gasteiger partial charge in [-0.3, -0.25) is 0 Å². The minimum absolute atomic E-state index is 0.0590. The molecule has 1 atom stereocenters. The molecule has 0 aliphatic carbocycles. The number of ether oxygens (including phenoxy) is 2. The molecule has 0 unspecified atom stereocenters. The van der Waals surface area contributed by atoms with E-state index in [1.54, 1.807) is 31.2 Å². The van der Waals surface area contributed by atoms with Gasteiger partial charge in [-0.05, 0) is 54.3 Å². The molecule has 3 rings (SSSR count). The lowest BCUT2D eigenvalue weighted by atomic mass is 9.96. The van der Waals surface area contributed by atoms with Crippen LogP contribution in [-0.2, 0) is 30.7 Å². The van der Waals surface area contributed by atoms with Crippen LogP contribution in [-0.4, -0.2) is 51.6 Å². The number of aryl methyl sites for hydroxylation is 1. The summed E-state index contributed by atoms with van der Waals surface area (Å²) in [7, 11) is -2.17. The van der Waals surface area contributed by atoms with Crippen LogP contribution in [0.1, 0.15) is 25.0 Å². The van der Waals surface area contributed by atoms with Crippen molar-refractivity contribution in [1.29, 1.82) is 0 Å². The molecule has 6 nitrogen and oxygen atoms in total. The van der Waals surface area contributed by atoms with Gasteiger partial charge in [0.05, 0.1) is 24.2 Å². The maximum Gasteiger partial charge on any atom is 0.330 e. The Hall–Kier alpha value is -2.55. The predicted octanol–water partition coefficient (Wildman–Crippen LogP) is 3.65. The average Bonchev–Trinajstić information content (AvgIpc) is 3.56. The molecule has 2 aromatic rings. The fourth-order valence-electron chi connectivity index (χ4n) is 3.32. The zero-order valence-corrected chi connectivity index (χ0v) is 18.6. The summed E-state index contributed by atoms with van der Waals surface area (Å²) in [6.45, 7) is 4.66. The zero-order chi connectivity index (χ0) is 22.6. The quantitative estimate of drug-likeness (QED) is 0.333. The van der Waals surface area contributed by atoms with Crippen molar-refractivity contribution in [3.05, 3.63) is 59.4 Å². The van der Waals surface area contributed by atoms with Gasteiger partial charge >= 0.3 is 5.97 Å². The first kappa shape index (κ1) is 23.1. The second-order valence-corrected chi connectivity index (χ2v) is 9.22. The fourth-order valence-corrected chi connectivity index (χ4v) is 4.79. The van der Waals surface area contributed by atoms with Crippen LogP contribution in [0.4, 0.5) is 4.39 Å². The van der Waals surface area contributed by atoms with Gasteiger partial charge in [-0.1, -0.05) is 25.1 Å². The molecule has 2 aromatic carbocycles. The molecular weight excluding hydrogens is 421 g/mol. The smallest absolute Gasteiger partial charge is 0.330 e. The van der Waals surface area contributed by atoms with Crippen LogP contribution >= 0.6 is 0 Å². The van der Waals surface area contributed by atoms with Crippen molar-refractivity contribution in [3.8, 4) is 11.1 Å². The molecule has 0 spiro atoms. The molecule has 31 heavy (non-hydrogen) atoms. The fraction of sp³-hybridized carbons (Fsp3) is 0.348. The maximum absolute atomic E-state index is 14.8. The van der Waals surface area contributed by atoms with E-state index in [9.17, 15) is 17.6 Å². The topological polar surface area (TPSA) is 76.2 Å². The Morgan fingerprint density at radius 2 is 2.03 bits per heavy atom. The lowest BCUT2D eigenvalue weighted by Gasteiger charge is -2.19. The SMILES string of the molecule is CCOC(=O)C=Cc1cccc(F)c1-c1ccc(S(=O)(=O)N(C)C[C@H]2CO2)c(CC)c1. The number of nitrogens with zero attached hydrogens (tertiary/aromatic N) is 1. The third kappa shape index (κ3) is 5.39. The van der Waals surface area contributed by atoms with Gasteiger partial charge in [0, 0.05) is 25.2 Å². The maximum atomic E-state index is 14.8. The van der Waals surface area contributed by atoms with Gasteiger partial charge in [0.25, 0.3) is 0 Å². The summed E-state index contributed by atoms with van der Waals surface area (Å²) in [5, 5.41) is 0. The Kier molecular flexibility index (Phi) is 7.25. The molecule has 1 aliphatic heterocycles.